The molecule has 8 nitrogen and oxygen atoms in total. The van der Waals surface area contributed by atoms with E-state index in [2.05, 4.69) is 5.32 Å². The van der Waals surface area contributed by atoms with Gasteiger partial charge in [0.2, 0.25) is 10.0 Å². The number of morpholine rings is 1. The number of anilines is 1. The van der Waals surface area contributed by atoms with E-state index < -0.39 is 16.1 Å². The fourth-order valence-corrected chi connectivity index (χ4v) is 4.26. The number of para-hydroxylation sites is 2. The monoisotopic (exact) mass is 420 g/mol. The normalized spacial score (nSPS) is 16.1. The fraction of sp³-hybridized carbons (Fsp3) is 0.350. The van der Waals surface area contributed by atoms with E-state index in [0.29, 0.717) is 43.5 Å². The smallest absolute Gasteiger partial charge is 0.265 e. The van der Waals surface area contributed by atoms with Crippen LogP contribution in [0.3, 0.4) is 0 Å². The van der Waals surface area contributed by atoms with Crippen molar-refractivity contribution in [2.75, 3.05) is 38.7 Å². The zero-order chi connectivity index (χ0) is 20.9. The summed E-state index contributed by atoms with van der Waals surface area (Å²) in [4.78, 5) is 12.6. The summed E-state index contributed by atoms with van der Waals surface area (Å²) in [7, 11) is -2.04. The molecule has 0 aromatic heterocycles. The highest BCUT2D eigenvalue weighted by Gasteiger charge is 2.26. The molecule has 1 N–H and O–H groups in total. The van der Waals surface area contributed by atoms with Crippen molar-refractivity contribution in [1.82, 2.24) is 4.31 Å². The summed E-state index contributed by atoms with van der Waals surface area (Å²) in [5, 5.41) is 2.72. The van der Waals surface area contributed by atoms with Crippen LogP contribution in [0.25, 0.3) is 0 Å². The summed E-state index contributed by atoms with van der Waals surface area (Å²) in [6.07, 6.45) is -0.775. The second-order valence-corrected chi connectivity index (χ2v) is 8.38. The molecule has 1 aliphatic heterocycles. The molecule has 0 unspecified atom stereocenters. The van der Waals surface area contributed by atoms with Gasteiger partial charge in [0, 0.05) is 18.8 Å². The topological polar surface area (TPSA) is 94.2 Å². The van der Waals surface area contributed by atoms with Crippen LogP contribution in [0.1, 0.15) is 6.92 Å². The van der Waals surface area contributed by atoms with Crippen molar-refractivity contribution in [2.45, 2.75) is 17.9 Å². The number of hydrogen-bond donors (Lipinski definition) is 1. The van der Waals surface area contributed by atoms with Gasteiger partial charge in [0.1, 0.15) is 0 Å². The lowest BCUT2D eigenvalue weighted by Crippen LogP contribution is -2.40. The Bertz CT molecular complexity index is 940. The van der Waals surface area contributed by atoms with Crippen molar-refractivity contribution < 1.29 is 27.4 Å². The number of nitrogens with one attached hydrogen (secondary N) is 1. The average Bonchev–Trinajstić information content (AvgIpc) is 2.75. The molecule has 1 atom stereocenters. The van der Waals surface area contributed by atoms with Crippen LogP contribution in [-0.4, -0.2) is 58.1 Å². The first-order valence-corrected chi connectivity index (χ1v) is 10.6. The number of methoxy groups -OCH3 is 1. The number of nitrogens with zero attached hydrogens (tertiary/aromatic N) is 1. The second-order valence-electron chi connectivity index (χ2n) is 6.44. The summed E-state index contributed by atoms with van der Waals surface area (Å²) in [6, 6.07) is 13.1. The van der Waals surface area contributed by atoms with Gasteiger partial charge in [-0.25, -0.2) is 8.42 Å². The maximum absolute atomic E-state index is 12.6. The Balaban J connectivity index is 1.63. The van der Waals surface area contributed by atoms with Crippen LogP contribution in [0.2, 0.25) is 0 Å². The Morgan fingerprint density at radius 1 is 1.07 bits per heavy atom. The number of rotatable bonds is 7. The van der Waals surface area contributed by atoms with Gasteiger partial charge in [-0.15, -0.1) is 0 Å². The van der Waals surface area contributed by atoms with Crippen LogP contribution >= 0.6 is 0 Å². The van der Waals surface area contributed by atoms with Crippen molar-refractivity contribution in [3.63, 3.8) is 0 Å². The zero-order valence-electron chi connectivity index (χ0n) is 16.3. The minimum Gasteiger partial charge on any atom is -0.493 e. The fourth-order valence-electron chi connectivity index (χ4n) is 2.85. The average molecular weight is 420 g/mol. The van der Waals surface area contributed by atoms with Crippen molar-refractivity contribution >= 4 is 21.6 Å². The first-order chi connectivity index (χ1) is 13.9. The van der Waals surface area contributed by atoms with Crippen LogP contribution in [0, 0.1) is 0 Å². The number of amides is 1. The van der Waals surface area contributed by atoms with Gasteiger partial charge in [0.25, 0.3) is 5.91 Å². The molecule has 0 radical (unpaired) electrons. The molecule has 1 amide bonds. The predicted octanol–water partition coefficient (Wildman–Crippen LogP) is 2.12. The van der Waals surface area contributed by atoms with Gasteiger partial charge in [-0.05, 0) is 43.3 Å². The molecule has 1 fully saturated rings. The molecule has 2 aromatic rings. The van der Waals surface area contributed by atoms with Gasteiger partial charge in [0.05, 0.1) is 25.2 Å². The molecule has 3 rings (SSSR count). The van der Waals surface area contributed by atoms with Crippen LogP contribution < -0.4 is 14.8 Å². The van der Waals surface area contributed by atoms with Gasteiger partial charge in [-0.3, -0.25) is 4.79 Å². The van der Waals surface area contributed by atoms with Crippen LogP contribution in [0.4, 0.5) is 5.69 Å². The number of ether oxygens (including phenoxy) is 3. The highest BCUT2D eigenvalue weighted by molar-refractivity contribution is 7.89. The lowest BCUT2D eigenvalue weighted by Gasteiger charge is -2.26. The third-order valence-electron chi connectivity index (χ3n) is 4.47. The molecule has 1 aliphatic rings. The molecule has 0 bridgehead atoms. The summed E-state index contributed by atoms with van der Waals surface area (Å²) in [6.45, 7) is 3.06. The van der Waals surface area contributed by atoms with E-state index in [1.807, 2.05) is 6.07 Å². The van der Waals surface area contributed by atoms with E-state index in [0.717, 1.165) is 0 Å². The van der Waals surface area contributed by atoms with Crippen LogP contribution in [-0.2, 0) is 19.6 Å². The largest absolute Gasteiger partial charge is 0.493 e. The third kappa shape index (κ3) is 5.06. The molecule has 1 heterocycles. The van der Waals surface area contributed by atoms with Crippen molar-refractivity contribution in [2.24, 2.45) is 0 Å². The Morgan fingerprint density at radius 2 is 1.69 bits per heavy atom. The minimum absolute atomic E-state index is 0.177. The standard InChI is InChI=1S/C20H24N2O6S/c1-15(28-19-6-4-3-5-18(19)26-2)20(23)21-16-7-9-17(10-8-16)29(24,25)22-11-13-27-14-12-22/h3-10,15H,11-14H2,1-2H3,(H,21,23)/t15-/m1/s1. The number of benzene rings is 2. The number of carbonyl (C=O) groups excluding carboxylic acids is 1. The first-order valence-electron chi connectivity index (χ1n) is 9.20. The van der Waals surface area contributed by atoms with Crippen molar-refractivity contribution in [3.8, 4) is 11.5 Å². The Labute approximate surface area is 170 Å². The molecule has 9 heteroatoms. The highest BCUT2D eigenvalue weighted by Crippen LogP contribution is 2.27. The molecule has 1 saturated heterocycles. The summed E-state index contributed by atoms with van der Waals surface area (Å²) in [5.41, 5.74) is 0.478. The van der Waals surface area contributed by atoms with Gasteiger partial charge in [-0.1, -0.05) is 12.1 Å². The van der Waals surface area contributed by atoms with Crippen molar-refractivity contribution in [3.05, 3.63) is 48.5 Å². The van der Waals surface area contributed by atoms with E-state index >= 15 is 0 Å². The van der Waals surface area contributed by atoms with E-state index in [4.69, 9.17) is 14.2 Å². The van der Waals surface area contributed by atoms with Gasteiger partial charge < -0.3 is 19.5 Å². The quantitative estimate of drug-likeness (QED) is 0.737. The summed E-state index contributed by atoms with van der Waals surface area (Å²) in [5.74, 6) is 0.633. The van der Waals surface area contributed by atoms with Gasteiger partial charge in [-0.2, -0.15) is 4.31 Å². The molecule has 0 spiro atoms. The Morgan fingerprint density at radius 3 is 2.31 bits per heavy atom. The maximum atomic E-state index is 12.6. The van der Waals surface area contributed by atoms with E-state index in [1.165, 1.54) is 23.5 Å². The molecular weight excluding hydrogens is 396 g/mol. The number of carbonyl (C=O) groups is 1. The van der Waals surface area contributed by atoms with E-state index in [1.54, 1.807) is 37.3 Å². The molecule has 2 aromatic carbocycles. The molecule has 0 aliphatic carbocycles. The molecule has 0 saturated carbocycles. The van der Waals surface area contributed by atoms with E-state index in [-0.39, 0.29) is 10.8 Å². The second kappa shape index (κ2) is 9.25. The molecular formula is C20H24N2O6S. The number of hydrogen-bond acceptors (Lipinski definition) is 6. The maximum Gasteiger partial charge on any atom is 0.265 e. The zero-order valence-corrected chi connectivity index (χ0v) is 17.1. The lowest BCUT2D eigenvalue weighted by atomic mass is 10.3. The third-order valence-corrected chi connectivity index (χ3v) is 6.38. The minimum atomic E-state index is -3.57. The summed E-state index contributed by atoms with van der Waals surface area (Å²) < 4.78 is 42.8. The van der Waals surface area contributed by atoms with Crippen molar-refractivity contribution in [1.29, 1.82) is 0 Å². The Kier molecular flexibility index (Phi) is 6.73. The Hall–Kier alpha value is -2.62. The van der Waals surface area contributed by atoms with Crippen LogP contribution in [0.5, 0.6) is 11.5 Å². The van der Waals surface area contributed by atoms with Gasteiger partial charge in [0.15, 0.2) is 17.6 Å². The summed E-state index contributed by atoms with van der Waals surface area (Å²) >= 11 is 0. The van der Waals surface area contributed by atoms with Crippen LogP contribution in [0.15, 0.2) is 53.4 Å². The van der Waals surface area contributed by atoms with E-state index in [9.17, 15) is 13.2 Å². The van der Waals surface area contributed by atoms with Gasteiger partial charge >= 0.3 is 0 Å². The first kappa shape index (κ1) is 21.1. The molecule has 29 heavy (non-hydrogen) atoms. The SMILES string of the molecule is COc1ccccc1O[C@H](C)C(=O)Nc1ccc(S(=O)(=O)N2CCOCC2)cc1. The molecule has 156 valence electrons. The highest BCUT2D eigenvalue weighted by atomic mass is 32.2. The number of sulfonamides is 1. The predicted molar refractivity (Wildman–Crippen MR) is 108 cm³/mol. The lowest BCUT2D eigenvalue weighted by molar-refractivity contribution is -0.122.